The largest absolute Gasteiger partial charge is 0.497 e. The Bertz CT molecular complexity index is 919. The van der Waals surface area contributed by atoms with E-state index >= 15 is 0 Å². The van der Waals surface area contributed by atoms with E-state index < -0.39 is 0 Å². The maximum Gasteiger partial charge on any atom is 0.253 e. The summed E-state index contributed by atoms with van der Waals surface area (Å²) >= 11 is 4.86. The Kier molecular flexibility index (Phi) is 5.61. The van der Waals surface area contributed by atoms with Gasteiger partial charge in [-0.05, 0) is 47.2 Å². The predicted molar refractivity (Wildman–Crippen MR) is 113 cm³/mol. The van der Waals surface area contributed by atoms with E-state index in [1.165, 1.54) is 16.6 Å². The zero-order chi connectivity index (χ0) is 18.6. The summed E-state index contributed by atoms with van der Waals surface area (Å²) in [5, 5.41) is 10.5. The van der Waals surface area contributed by atoms with Crippen LogP contribution in [0.2, 0.25) is 0 Å². The molecule has 4 rings (SSSR count). The average molecular weight is 415 g/mol. The molecule has 0 spiro atoms. The molecule has 1 unspecified atom stereocenters. The third-order valence-corrected chi connectivity index (χ3v) is 7.15. The third kappa shape index (κ3) is 4.10. The summed E-state index contributed by atoms with van der Waals surface area (Å²) in [5.41, 5.74) is 0.992. The van der Waals surface area contributed by atoms with Gasteiger partial charge in [-0.1, -0.05) is 12.1 Å². The number of methoxy groups -OCH3 is 1. The van der Waals surface area contributed by atoms with Crippen LogP contribution in [0.5, 0.6) is 5.75 Å². The lowest BCUT2D eigenvalue weighted by molar-refractivity contribution is -0.130. The summed E-state index contributed by atoms with van der Waals surface area (Å²) in [6.45, 7) is 0. The smallest absolute Gasteiger partial charge is 0.253 e. The van der Waals surface area contributed by atoms with Gasteiger partial charge in [0.1, 0.15) is 5.75 Å². The molecule has 0 bridgehead atoms. The Balaban J connectivity index is 1.49. The lowest BCUT2D eigenvalue weighted by atomic mass is 10.1. The molecule has 3 heterocycles. The molecule has 0 N–H and O–H groups in total. The van der Waals surface area contributed by atoms with E-state index in [9.17, 15) is 4.79 Å². The monoisotopic (exact) mass is 414 g/mol. The van der Waals surface area contributed by atoms with Crippen molar-refractivity contribution in [1.82, 2.24) is 5.01 Å². The molecule has 1 amide bonds. The highest BCUT2D eigenvalue weighted by molar-refractivity contribution is 8.00. The van der Waals surface area contributed by atoms with Gasteiger partial charge >= 0.3 is 0 Å². The van der Waals surface area contributed by atoms with Crippen LogP contribution in [0.25, 0.3) is 0 Å². The zero-order valence-electron chi connectivity index (χ0n) is 14.7. The van der Waals surface area contributed by atoms with Crippen LogP contribution in [0.3, 0.4) is 0 Å². The third-order valence-electron chi connectivity index (χ3n) is 4.26. The Labute approximate surface area is 170 Å². The van der Waals surface area contributed by atoms with Crippen molar-refractivity contribution in [3.8, 4) is 5.75 Å². The van der Waals surface area contributed by atoms with Gasteiger partial charge in [0, 0.05) is 16.2 Å². The maximum absolute atomic E-state index is 12.9. The molecule has 1 aliphatic heterocycles. The first-order valence-corrected chi connectivity index (χ1v) is 11.2. The first-order chi connectivity index (χ1) is 13.2. The number of hydrogen-bond donors (Lipinski definition) is 0. The fraction of sp³-hybridized carbons (Fsp3) is 0.200. The number of carbonyl (C=O) groups excluding carboxylic acids is 1. The molecule has 138 valence electrons. The Morgan fingerprint density at radius 2 is 1.96 bits per heavy atom. The normalized spacial score (nSPS) is 16.4. The minimum Gasteiger partial charge on any atom is -0.497 e. The molecule has 0 saturated carbocycles. The van der Waals surface area contributed by atoms with Gasteiger partial charge in [-0.3, -0.25) is 4.79 Å². The zero-order valence-corrected chi connectivity index (χ0v) is 17.2. The van der Waals surface area contributed by atoms with E-state index in [4.69, 9.17) is 9.84 Å². The Morgan fingerprint density at radius 3 is 2.63 bits per heavy atom. The highest BCUT2D eigenvalue weighted by atomic mass is 32.2. The van der Waals surface area contributed by atoms with Crippen LogP contribution in [0.15, 0.2) is 69.3 Å². The first kappa shape index (κ1) is 18.3. The van der Waals surface area contributed by atoms with Crippen LogP contribution in [0, 0.1) is 0 Å². The summed E-state index contributed by atoms with van der Waals surface area (Å²) in [7, 11) is 1.65. The summed E-state index contributed by atoms with van der Waals surface area (Å²) < 4.78 is 5.18. The molecule has 0 radical (unpaired) electrons. The number of ether oxygens (including phenoxy) is 1. The van der Waals surface area contributed by atoms with Gasteiger partial charge in [0.25, 0.3) is 5.91 Å². The molecular formula is C20H18N2O2S3. The van der Waals surface area contributed by atoms with Gasteiger partial charge < -0.3 is 4.74 Å². The summed E-state index contributed by atoms with van der Waals surface area (Å²) in [5.74, 6) is 1.20. The molecule has 1 aliphatic rings. The molecule has 1 aromatic carbocycles. The predicted octanol–water partition coefficient (Wildman–Crippen LogP) is 5.29. The van der Waals surface area contributed by atoms with E-state index in [1.54, 1.807) is 34.8 Å². The van der Waals surface area contributed by atoms with E-state index in [2.05, 4.69) is 12.1 Å². The van der Waals surface area contributed by atoms with Crippen LogP contribution < -0.4 is 4.74 Å². The fourth-order valence-electron chi connectivity index (χ4n) is 2.92. The van der Waals surface area contributed by atoms with Gasteiger partial charge in [0.15, 0.2) is 0 Å². The Morgan fingerprint density at radius 1 is 1.19 bits per heavy atom. The molecule has 1 atom stereocenters. The summed E-state index contributed by atoms with van der Waals surface area (Å²) in [6.07, 6.45) is 0.764. The molecule has 4 nitrogen and oxygen atoms in total. The molecule has 27 heavy (non-hydrogen) atoms. The van der Waals surface area contributed by atoms with Crippen LogP contribution in [0.1, 0.15) is 22.2 Å². The number of carbonyl (C=O) groups is 1. The number of amides is 1. The van der Waals surface area contributed by atoms with Crippen molar-refractivity contribution in [2.24, 2.45) is 5.10 Å². The number of thioether (sulfide) groups is 1. The minimum atomic E-state index is -0.00827. The number of rotatable bonds is 6. The van der Waals surface area contributed by atoms with Crippen LogP contribution in [-0.2, 0) is 4.79 Å². The van der Waals surface area contributed by atoms with Gasteiger partial charge in [0.05, 0.1) is 29.5 Å². The van der Waals surface area contributed by atoms with Crippen molar-refractivity contribution in [2.45, 2.75) is 17.4 Å². The quantitative estimate of drug-likeness (QED) is 0.515. The molecule has 3 aromatic rings. The second-order valence-electron chi connectivity index (χ2n) is 5.96. The number of nitrogens with zero attached hydrogens (tertiary/aromatic N) is 2. The molecule has 0 saturated heterocycles. The molecule has 0 fully saturated rings. The van der Waals surface area contributed by atoms with Crippen molar-refractivity contribution < 1.29 is 9.53 Å². The molecule has 0 aliphatic carbocycles. The SMILES string of the molecule is COc1ccc(SCC(=O)N2N=C(c3cccs3)CC2c2cccs2)cc1. The standard InChI is InChI=1S/C20H18N2O2S3/c1-24-14-6-8-15(9-7-14)27-13-20(23)22-17(19-5-3-11-26-19)12-16(21-22)18-4-2-10-25-18/h2-11,17H,12-13H2,1H3. The number of benzene rings is 1. The van der Waals surface area contributed by atoms with Gasteiger partial charge in [-0.2, -0.15) is 5.10 Å². The van der Waals surface area contributed by atoms with Gasteiger partial charge in [0.2, 0.25) is 0 Å². The summed E-state index contributed by atoms with van der Waals surface area (Å²) in [4.78, 5) is 16.3. The van der Waals surface area contributed by atoms with Crippen molar-refractivity contribution in [3.05, 3.63) is 69.0 Å². The second-order valence-corrected chi connectivity index (χ2v) is 8.94. The van der Waals surface area contributed by atoms with Crippen molar-refractivity contribution in [1.29, 1.82) is 0 Å². The van der Waals surface area contributed by atoms with E-state index in [-0.39, 0.29) is 11.9 Å². The minimum absolute atomic E-state index is 0.00827. The molecular weight excluding hydrogens is 396 g/mol. The lowest BCUT2D eigenvalue weighted by Gasteiger charge is -2.20. The maximum atomic E-state index is 12.9. The molecule has 2 aromatic heterocycles. The number of thiophene rings is 2. The average Bonchev–Trinajstić information content (AvgIpc) is 3.46. The second kappa shape index (κ2) is 8.29. The Hall–Kier alpha value is -2.09. The van der Waals surface area contributed by atoms with Crippen molar-refractivity contribution in [2.75, 3.05) is 12.9 Å². The highest BCUT2D eigenvalue weighted by Gasteiger charge is 2.33. The van der Waals surface area contributed by atoms with Crippen molar-refractivity contribution in [3.63, 3.8) is 0 Å². The summed E-state index contributed by atoms with van der Waals surface area (Å²) in [6, 6.07) is 15.9. The highest BCUT2D eigenvalue weighted by Crippen LogP contribution is 2.36. The van der Waals surface area contributed by atoms with E-state index in [1.807, 2.05) is 47.2 Å². The number of hydrazone groups is 1. The van der Waals surface area contributed by atoms with Gasteiger partial charge in [-0.15, -0.1) is 34.4 Å². The number of hydrogen-bond acceptors (Lipinski definition) is 6. The van der Waals surface area contributed by atoms with E-state index in [0.29, 0.717) is 5.75 Å². The van der Waals surface area contributed by atoms with Crippen molar-refractivity contribution >= 4 is 46.1 Å². The molecule has 7 heteroatoms. The van der Waals surface area contributed by atoms with E-state index in [0.717, 1.165) is 27.7 Å². The van der Waals surface area contributed by atoms with Gasteiger partial charge in [-0.25, -0.2) is 5.01 Å². The van der Waals surface area contributed by atoms with Crippen LogP contribution >= 0.6 is 34.4 Å². The first-order valence-electron chi connectivity index (χ1n) is 8.48. The topological polar surface area (TPSA) is 41.9 Å². The van der Waals surface area contributed by atoms with Crippen LogP contribution in [-0.4, -0.2) is 29.5 Å². The fourth-order valence-corrected chi connectivity index (χ4v) is 5.20. The lowest BCUT2D eigenvalue weighted by Crippen LogP contribution is -2.28. The van der Waals surface area contributed by atoms with Crippen LogP contribution in [0.4, 0.5) is 0 Å².